The van der Waals surface area contributed by atoms with Crippen LogP contribution in [-0.4, -0.2) is 0 Å². The second-order valence-corrected chi connectivity index (χ2v) is 7.99. The molecule has 104 valence electrons. The van der Waals surface area contributed by atoms with Gasteiger partial charge in [-0.2, -0.15) is 0 Å². The van der Waals surface area contributed by atoms with Crippen LogP contribution in [0, 0.1) is 6.92 Å². The van der Waals surface area contributed by atoms with Crippen LogP contribution in [0.1, 0.15) is 39.1 Å². The van der Waals surface area contributed by atoms with Crippen molar-refractivity contribution >= 4 is 47.8 Å². The highest BCUT2D eigenvalue weighted by molar-refractivity contribution is 9.11. The van der Waals surface area contributed by atoms with E-state index in [4.69, 9.17) is 0 Å². The number of rotatable bonds is 2. The number of aryl methyl sites for hydroxylation is 3. The smallest absolute Gasteiger partial charge is 0.0656 e. The maximum atomic E-state index is 3.86. The van der Waals surface area contributed by atoms with Crippen molar-refractivity contribution in [3.8, 4) is 0 Å². The Hall–Kier alpha value is -0.120. The van der Waals surface area contributed by atoms with Crippen LogP contribution in [0.2, 0.25) is 0 Å². The molecule has 0 nitrogen and oxygen atoms in total. The second kappa shape index (κ2) is 5.94. The Morgan fingerprint density at radius 1 is 0.950 bits per heavy atom. The van der Waals surface area contributed by atoms with E-state index in [0.717, 1.165) is 8.95 Å². The van der Waals surface area contributed by atoms with Crippen molar-refractivity contribution in [2.75, 3.05) is 0 Å². The Morgan fingerprint density at radius 3 is 2.50 bits per heavy atom. The van der Waals surface area contributed by atoms with Crippen LogP contribution in [0.4, 0.5) is 0 Å². The van der Waals surface area contributed by atoms with E-state index in [1.807, 2.05) is 0 Å². The van der Waals surface area contributed by atoms with Crippen LogP contribution in [0.3, 0.4) is 0 Å². The van der Waals surface area contributed by atoms with Crippen molar-refractivity contribution in [3.63, 3.8) is 0 Å². The molecule has 2 aromatic carbocycles. The van der Waals surface area contributed by atoms with Gasteiger partial charge in [-0.1, -0.05) is 66.0 Å². The summed E-state index contributed by atoms with van der Waals surface area (Å²) in [6.45, 7) is 2.11. The Balaban J connectivity index is 2.00. The summed E-state index contributed by atoms with van der Waals surface area (Å²) in [5, 5.41) is 0. The van der Waals surface area contributed by atoms with E-state index >= 15 is 0 Å². The molecular formula is C17H15Br3. The van der Waals surface area contributed by atoms with Crippen molar-refractivity contribution in [2.24, 2.45) is 0 Å². The van der Waals surface area contributed by atoms with Crippen molar-refractivity contribution in [1.82, 2.24) is 0 Å². The van der Waals surface area contributed by atoms with Crippen LogP contribution in [0.25, 0.3) is 0 Å². The van der Waals surface area contributed by atoms with Gasteiger partial charge in [0, 0.05) is 8.95 Å². The molecule has 0 aliphatic heterocycles. The van der Waals surface area contributed by atoms with E-state index in [0.29, 0.717) is 0 Å². The number of hydrogen-bond acceptors (Lipinski definition) is 0. The highest BCUT2D eigenvalue weighted by Crippen LogP contribution is 2.39. The molecule has 1 atom stereocenters. The fourth-order valence-electron chi connectivity index (χ4n) is 2.78. The first-order valence-corrected chi connectivity index (χ1v) is 9.28. The summed E-state index contributed by atoms with van der Waals surface area (Å²) in [5.41, 5.74) is 6.89. The molecule has 3 heteroatoms. The molecule has 0 radical (unpaired) electrons. The maximum Gasteiger partial charge on any atom is 0.0656 e. The SMILES string of the molecule is Cc1cc(Br)c(C(Br)c2ccc3c(c2)CCC3)cc1Br. The quantitative estimate of drug-likeness (QED) is 0.451. The van der Waals surface area contributed by atoms with E-state index in [1.54, 1.807) is 0 Å². The summed E-state index contributed by atoms with van der Waals surface area (Å²) in [6, 6.07) is 11.3. The highest BCUT2D eigenvalue weighted by atomic mass is 79.9. The lowest BCUT2D eigenvalue weighted by atomic mass is 10.00. The highest BCUT2D eigenvalue weighted by Gasteiger charge is 2.18. The largest absolute Gasteiger partial charge is 0.0786 e. The maximum absolute atomic E-state index is 3.86. The molecule has 0 saturated heterocycles. The van der Waals surface area contributed by atoms with Crippen molar-refractivity contribution in [1.29, 1.82) is 0 Å². The molecule has 0 N–H and O–H groups in total. The molecule has 3 rings (SSSR count). The Labute approximate surface area is 145 Å². The minimum atomic E-state index is 0.222. The molecule has 2 aromatic rings. The first-order valence-electron chi connectivity index (χ1n) is 6.77. The molecule has 0 aromatic heterocycles. The third-order valence-corrected chi connectivity index (χ3v) is 6.53. The van der Waals surface area contributed by atoms with Crippen LogP contribution in [-0.2, 0) is 12.8 Å². The van der Waals surface area contributed by atoms with Gasteiger partial charge in [-0.25, -0.2) is 0 Å². The molecule has 1 aliphatic rings. The topological polar surface area (TPSA) is 0 Å². The molecule has 0 amide bonds. The Bertz CT molecular complexity index is 662. The van der Waals surface area contributed by atoms with Crippen LogP contribution < -0.4 is 0 Å². The molecule has 0 spiro atoms. The van der Waals surface area contributed by atoms with Gasteiger partial charge >= 0.3 is 0 Å². The Morgan fingerprint density at radius 2 is 1.70 bits per heavy atom. The Kier molecular flexibility index (Phi) is 4.40. The van der Waals surface area contributed by atoms with E-state index in [9.17, 15) is 0 Å². The second-order valence-electron chi connectivity index (χ2n) is 5.37. The predicted octanol–water partition coefficient (Wildman–Crippen LogP) is 6.49. The predicted molar refractivity (Wildman–Crippen MR) is 95.8 cm³/mol. The van der Waals surface area contributed by atoms with Gasteiger partial charge in [0.1, 0.15) is 0 Å². The van der Waals surface area contributed by atoms with Gasteiger partial charge in [0.25, 0.3) is 0 Å². The lowest BCUT2D eigenvalue weighted by Crippen LogP contribution is -1.97. The number of benzene rings is 2. The average molecular weight is 459 g/mol. The zero-order valence-electron chi connectivity index (χ0n) is 11.2. The van der Waals surface area contributed by atoms with Crippen molar-refractivity contribution in [2.45, 2.75) is 31.0 Å². The molecule has 0 bridgehead atoms. The summed E-state index contributed by atoms with van der Waals surface area (Å²) >= 11 is 11.2. The van der Waals surface area contributed by atoms with Gasteiger partial charge in [-0.05, 0) is 66.1 Å². The van der Waals surface area contributed by atoms with E-state index < -0.39 is 0 Å². The molecule has 20 heavy (non-hydrogen) atoms. The molecule has 0 fully saturated rings. The van der Waals surface area contributed by atoms with E-state index in [2.05, 4.69) is 85.0 Å². The zero-order valence-corrected chi connectivity index (χ0v) is 16.0. The van der Waals surface area contributed by atoms with Gasteiger partial charge in [0.15, 0.2) is 0 Å². The standard InChI is InChI=1S/C17H15Br3/c1-10-7-16(19)14(9-15(10)18)17(20)13-6-5-11-3-2-4-12(11)8-13/h5-9,17H,2-4H2,1H3. The number of fused-ring (bicyclic) bond motifs is 1. The molecule has 1 unspecified atom stereocenters. The summed E-state index contributed by atoms with van der Waals surface area (Å²) < 4.78 is 2.31. The van der Waals surface area contributed by atoms with Gasteiger partial charge in [-0.15, -0.1) is 0 Å². The monoisotopic (exact) mass is 456 g/mol. The van der Waals surface area contributed by atoms with E-state index in [-0.39, 0.29) is 4.83 Å². The lowest BCUT2D eigenvalue weighted by Gasteiger charge is -2.15. The van der Waals surface area contributed by atoms with Gasteiger partial charge in [-0.3, -0.25) is 0 Å². The molecule has 0 heterocycles. The first-order chi connectivity index (χ1) is 9.56. The number of halogens is 3. The van der Waals surface area contributed by atoms with Gasteiger partial charge in [0.05, 0.1) is 4.83 Å². The van der Waals surface area contributed by atoms with E-state index in [1.165, 1.54) is 47.1 Å². The summed E-state index contributed by atoms with van der Waals surface area (Å²) in [6.07, 6.45) is 3.76. The fraction of sp³-hybridized carbons (Fsp3) is 0.294. The van der Waals surface area contributed by atoms with Crippen LogP contribution in [0.5, 0.6) is 0 Å². The van der Waals surface area contributed by atoms with Crippen molar-refractivity contribution in [3.05, 3.63) is 67.1 Å². The van der Waals surface area contributed by atoms with Crippen LogP contribution >= 0.6 is 47.8 Å². The first kappa shape index (κ1) is 14.8. The average Bonchev–Trinajstić information content (AvgIpc) is 2.89. The molecule has 0 saturated carbocycles. The fourth-order valence-corrected chi connectivity index (χ4v) is 4.80. The third kappa shape index (κ3) is 2.77. The summed E-state index contributed by atoms with van der Waals surface area (Å²) in [4.78, 5) is 0.222. The third-order valence-electron chi connectivity index (χ3n) is 3.97. The zero-order chi connectivity index (χ0) is 14.3. The normalized spacial score (nSPS) is 15.2. The summed E-state index contributed by atoms with van der Waals surface area (Å²) in [7, 11) is 0. The number of alkyl halides is 1. The minimum absolute atomic E-state index is 0.222. The van der Waals surface area contributed by atoms with Crippen LogP contribution in [0.15, 0.2) is 39.3 Å². The number of hydrogen-bond donors (Lipinski definition) is 0. The summed E-state index contributed by atoms with van der Waals surface area (Å²) in [5.74, 6) is 0. The van der Waals surface area contributed by atoms with Gasteiger partial charge in [0.2, 0.25) is 0 Å². The minimum Gasteiger partial charge on any atom is -0.0786 e. The van der Waals surface area contributed by atoms with Crippen molar-refractivity contribution < 1.29 is 0 Å². The van der Waals surface area contributed by atoms with Gasteiger partial charge < -0.3 is 0 Å². The molecular weight excluding hydrogens is 444 g/mol. The lowest BCUT2D eigenvalue weighted by molar-refractivity contribution is 0.911. The molecule has 1 aliphatic carbocycles.